The van der Waals surface area contributed by atoms with Gasteiger partial charge in [-0.1, -0.05) is 6.92 Å². The number of aliphatic hydroxyl groups excluding tert-OH is 1. The molecule has 1 heterocycles. The minimum absolute atomic E-state index is 0.0193. The molecule has 1 atom stereocenters. The largest absolute Gasteiger partial charge is 0.469 e. The fourth-order valence-corrected chi connectivity index (χ4v) is 1.70. The number of furan rings is 1. The highest BCUT2D eigenvalue weighted by molar-refractivity contribution is 5.91. The van der Waals surface area contributed by atoms with Crippen LogP contribution in [0.3, 0.4) is 0 Å². The zero-order valence-corrected chi connectivity index (χ0v) is 11.2. The second kappa shape index (κ2) is 7.58. The van der Waals surface area contributed by atoms with Crippen LogP contribution in [0.15, 0.2) is 22.8 Å². The molecule has 1 rings (SSSR count). The summed E-state index contributed by atoms with van der Waals surface area (Å²) in [4.78, 5) is 25.0. The Balaban J connectivity index is 2.71. The van der Waals surface area contributed by atoms with Crippen molar-refractivity contribution in [2.75, 3.05) is 26.8 Å². The molecule has 106 valence electrons. The third-order valence-electron chi connectivity index (χ3n) is 2.70. The van der Waals surface area contributed by atoms with Crippen LogP contribution < -0.4 is 0 Å². The predicted molar refractivity (Wildman–Crippen MR) is 67.5 cm³/mol. The number of carbonyl (C=O) groups is 2. The average Bonchev–Trinajstić information content (AvgIpc) is 2.95. The Hall–Kier alpha value is -1.82. The van der Waals surface area contributed by atoms with Crippen LogP contribution in [0.1, 0.15) is 23.9 Å². The third-order valence-corrected chi connectivity index (χ3v) is 2.70. The number of hydrogen-bond acceptors (Lipinski definition) is 5. The van der Waals surface area contributed by atoms with Gasteiger partial charge in [-0.2, -0.15) is 0 Å². The van der Waals surface area contributed by atoms with Crippen molar-refractivity contribution in [3.63, 3.8) is 0 Å². The molecule has 6 nitrogen and oxygen atoms in total. The zero-order valence-electron chi connectivity index (χ0n) is 11.2. The Labute approximate surface area is 112 Å². The molecule has 0 saturated heterocycles. The van der Waals surface area contributed by atoms with Gasteiger partial charge in [0.05, 0.1) is 19.3 Å². The summed E-state index contributed by atoms with van der Waals surface area (Å²) in [6.07, 6.45) is 1.86. The molecule has 1 N–H and O–H groups in total. The number of amides is 1. The molecule has 0 saturated carbocycles. The molecule has 0 bridgehead atoms. The van der Waals surface area contributed by atoms with Crippen molar-refractivity contribution in [2.45, 2.75) is 13.3 Å². The predicted octanol–water partition coefficient (Wildman–Crippen LogP) is 0.913. The van der Waals surface area contributed by atoms with Crippen molar-refractivity contribution in [3.8, 4) is 0 Å². The van der Waals surface area contributed by atoms with Crippen molar-refractivity contribution in [1.29, 1.82) is 0 Å². The maximum absolute atomic E-state index is 12.2. The van der Waals surface area contributed by atoms with Crippen LogP contribution >= 0.6 is 0 Å². The van der Waals surface area contributed by atoms with E-state index in [1.54, 1.807) is 19.1 Å². The molecule has 0 radical (unpaired) electrons. The lowest BCUT2D eigenvalue weighted by Crippen LogP contribution is -2.38. The third kappa shape index (κ3) is 4.40. The number of aliphatic hydroxyl groups is 1. The van der Waals surface area contributed by atoms with E-state index in [-0.39, 0.29) is 30.8 Å². The van der Waals surface area contributed by atoms with E-state index in [0.29, 0.717) is 13.0 Å². The topological polar surface area (TPSA) is 80.0 Å². The molecular formula is C13H19NO5. The summed E-state index contributed by atoms with van der Waals surface area (Å²) in [5.74, 6) is -0.881. The normalized spacial score (nSPS) is 11.9. The summed E-state index contributed by atoms with van der Waals surface area (Å²) in [7, 11) is 1.31. The molecule has 0 aromatic carbocycles. The van der Waals surface area contributed by atoms with Gasteiger partial charge in [-0.15, -0.1) is 0 Å². The Morgan fingerprint density at radius 1 is 1.53 bits per heavy atom. The molecular weight excluding hydrogens is 250 g/mol. The van der Waals surface area contributed by atoms with Crippen LogP contribution in [-0.2, 0) is 9.53 Å². The van der Waals surface area contributed by atoms with E-state index < -0.39 is 5.92 Å². The first-order valence-corrected chi connectivity index (χ1v) is 6.11. The number of methoxy groups -OCH3 is 1. The SMILES string of the molecule is COC(=O)C(C)CN(CCCO)C(=O)c1ccco1. The zero-order chi connectivity index (χ0) is 14.3. The van der Waals surface area contributed by atoms with Gasteiger partial charge < -0.3 is 19.2 Å². The van der Waals surface area contributed by atoms with Crippen LogP contribution in [-0.4, -0.2) is 48.7 Å². The highest BCUT2D eigenvalue weighted by Gasteiger charge is 2.23. The van der Waals surface area contributed by atoms with E-state index in [0.717, 1.165) is 0 Å². The first-order valence-electron chi connectivity index (χ1n) is 6.11. The molecule has 19 heavy (non-hydrogen) atoms. The standard InChI is InChI=1S/C13H19NO5/c1-10(13(17)18-2)9-14(6-4-7-15)12(16)11-5-3-8-19-11/h3,5,8,10,15H,4,6-7,9H2,1-2H3. The molecule has 0 aliphatic carbocycles. The Bertz CT molecular complexity index is 401. The molecule has 1 amide bonds. The lowest BCUT2D eigenvalue weighted by molar-refractivity contribution is -0.145. The lowest BCUT2D eigenvalue weighted by atomic mass is 10.1. The Morgan fingerprint density at radius 3 is 2.79 bits per heavy atom. The van der Waals surface area contributed by atoms with Gasteiger partial charge in [-0.3, -0.25) is 9.59 Å². The van der Waals surface area contributed by atoms with Crippen LogP contribution in [0.2, 0.25) is 0 Å². The van der Waals surface area contributed by atoms with Crippen LogP contribution in [0.5, 0.6) is 0 Å². The maximum atomic E-state index is 12.2. The average molecular weight is 269 g/mol. The van der Waals surface area contributed by atoms with E-state index in [1.807, 2.05) is 0 Å². The summed E-state index contributed by atoms with van der Waals surface area (Å²) >= 11 is 0. The van der Waals surface area contributed by atoms with Crippen molar-refractivity contribution in [1.82, 2.24) is 4.90 Å². The van der Waals surface area contributed by atoms with Crippen LogP contribution in [0, 0.1) is 5.92 Å². The molecule has 0 fully saturated rings. The minimum Gasteiger partial charge on any atom is -0.469 e. The molecule has 6 heteroatoms. The summed E-state index contributed by atoms with van der Waals surface area (Å²) in [5, 5.41) is 8.86. The number of carbonyl (C=O) groups excluding carboxylic acids is 2. The fraction of sp³-hybridized carbons (Fsp3) is 0.538. The van der Waals surface area contributed by atoms with Gasteiger partial charge in [0.2, 0.25) is 0 Å². The number of ether oxygens (including phenoxy) is 1. The van der Waals surface area contributed by atoms with E-state index in [1.165, 1.54) is 18.3 Å². The number of rotatable bonds is 7. The molecule has 0 spiro atoms. The second-order valence-electron chi connectivity index (χ2n) is 4.23. The monoisotopic (exact) mass is 269 g/mol. The molecule has 1 aromatic rings. The van der Waals surface area contributed by atoms with Crippen molar-refractivity contribution in [2.24, 2.45) is 5.92 Å². The van der Waals surface area contributed by atoms with Crippen molar-refractivity contribution >= 4 is 11.9 Å². The quantitative estimate of drug-likeness (QED) is 0.744. The minimum atomic E-state index is -0.428. The number of esters is 1. The Kier molecular flexibility index (Phi) is 6.08. The summed E-state index contributed by atoms with van der Waals surface area (Å²) < 4.78 is 9.69. The second-order valence-corrected chi connectivity index (χ2v) is 4.23. The summed E-state index contributed by atoms with van der Waals surface area (Å²) in [6, 6.07) is 3.19. The van der Waals surface area contributed by atoms with Crippen LogP contribution in [0.4, 0.5) is 0 Å². The van der Waals surface area contributed by atoms with Crippen molar-refractivity contribution < 1.29 is 23.8 Å². The Morgan fingerprint density at radius 2 is 2.26 bits per heavy atom. The van der Waals surface area contributed by atoms with Gasteiger partial charge in [0.15, 0.2) is 5.76 Å². The molecule has 1 unspecified atom stereocenters. The summed E-state index contributed by atoms with van der Waals surface area (Å²) in [6.45, 7) is 2.26. The van der Waals surface area contributed by atoms with Gasteiger partial charge in [-0.25, -0.2) is 0 Å². The van der Waals surface area contributed by atoms with E-state index in [9.17, 15) is 9.59 Å². The van der Waals surface area contributed by atoms with Gasteiger partial charge >= 0.3 is 5.97 Å². The number of hydrogen-bond donors (Lipinski definition) is 1. The van der Waals surface area contributed by atoms with E-state index in [4.69, 9.17) is 9.52 Å². The lowest BCUT2D eigenvalue weighted by Gasteiger charge is -2.23. The van der Waals surface area contributed by atoms with E-state index in [2.05, 4.69) is 4.74 Å². The molecule has 0 aliphatic heterocycles. The van der Waals surface area contributed by atoms with Gasteiger partial charge in [-0.05, 0) is 18.6 Å². The summed E-state index contributed by atoms with van der Waals surface area (Å²) in [5.41, 5.74) is 0. The smallest absolute Gasteiger partial charge is 0.310 e. The highest BCUT2D eigenvalue weighted by Crippen LogP contribution is 2.10. The fourth-order valence-electron chi connectivity index (χ4n) is 1.70. The molecule has 1 aromatic heterocycles. The van der Waals surface area contributed by atoms with Crippen LogP contribution in [0.25, 0.3) is 0 Å². The van der Waals surface area contributed by atoms with E-state index >= 15 is 0 Å². The first-order chi connectivity index (χ1) is 9.10. The molecule has 0 aliphatic rings. The highest BCUT2D eigenvalue weighted by atomic mass is 16.5. The maximum Gasteiger partial charge on any atom is 0.310 e. The van der Waals surface area contributed by atoms with Crippen molar-refractivity contribution in [3.05, 3.63) is 24.2 Å². The van der Waals surface area contributed by atoms with Gasteiger partial charge in [0.1, 0.15) is 0 Å². The van der Waals surface area contributed by atoms with Gasteiger partial charge in [0.25, 0.3) is 5.91 Å². The first kappa shape index (κ1) is 15.2. The van der Waals surface area contributed by atoms with Gasteiger partial charge in [0, 0.05) is 19.7 Å². The number of nitrogens with zero attached hydrogens (tertiary/aromatic N) is 1.